The van der Waals surface area contributed by atoms with Gasteiger partial charge in [0.1, 0.15) is 6.23 Å². The van der Waals surface area contributed by atoms with Crippen LogP contribution in [0.15, 0.2) is 18.2 Å². The van der Waals surface area contributed by atoms with E-state index in [4.69, 9.17) is 0 Å². The number of aliphatic hydroxyl groups is 2. The monoisotopic (exact) mass is 368 g/mol. The fourth-order valence-electron chi connectivity index (χ4n) is 4.58. The molecule has 1 aromatic carbocycles. The number of nitrogens with one attached hydrogen (secondary N) is 1. The van der Waals surface area contributed by atoms with E-state index in [1.54, 1.807) is 6.07 Å². The Morgan fingerprint density at radius 2 is 2.04 bits per heavy atom. The fraction of sp³-hybridized carbons (Fsp3) is 0.619. The third kappa shape index (κ3) is 3.54. The van der Waals surface area contributed by atoms with Gasteiger partial charge in [-0.25, -0.2) is 4.98 Å². The Kier molecular flexibility index (Phi) is 4.83. The lowest BCUT2D eigenvalue weighted by Crippen LogP contribution is -2.39. The van der Waals surface area contributed by atoms with Gasteiger partial charge in [0.15, 0.2) is 0 Å². The summed E-state index contributed by atoms with van der Waals surface area (Å²) in [5.41, 5.74) is 1.47. The van der Waals surface area contributed by atoms with Gasteiger partial charge in [-0.1, -0.05) is 12.8 Å². The molecule has 0 amide bonds. The molecule has 2 unspecified atom stereocenters. The number of imidazole rings is 1. The maximum absolute atomic E-state index is 10.8. The van der Waals surface area contributed by atoms with E-state index in [1.165, 1.54) is 6.42 Å². The lowest BCUT2D eigenvalue weighted by atomic mass is 9.84. The van der Waals surface area contributed by atoms with Crippen molar-refractivity contribution >= 4 is 17.0 Å². The first-order chi connectivity index (χ1) is 13.0. The maximum Gasteiger partial charge on any atom is 0.206 e. The highest BCUT2D eigenvalue weighted by Crippen LogP contribution is 2.39. The smallest absolute Gasteiger partial charge is 0.206 e. The molecule has 0 saturated heterocycles. The molecular formula is C21H28N4O2. The third-order valence-corrected chi connectivity index (χ3v) is 6.40. The van der Waals surface area contributed by atoms with Crippen LogP contribution in [-0.2, 0) is 0 Å². The first-order valence-corrected chi connectivity index (χ1v) is 10.1. The van der Waals surface area contributed by atoms with Gasteiger partial charge in [0.2, 0.25) is 5.95 Å². The van der Waals surface area contributed by atoms with Crippen LogP contribution in [0.1, 0.15) is 69.9 Å². The number of aliphatic hydroxyl groups excluding tert-OH is 1. The van der Waals surface area contributed by atoms with Crippen molar-refractivity contribution in [1.82, 2.24) is 9.55 Å². The van der Waals surface area contributed by atoms with E-state index in [-0.39, 0.29) is 12.3 Å². The first kappa shape index (κ1) is 18.3. The standard InChI is InChI=1S/C21H28N4O2/c1-21(27,15-5-2-3-6-15)12-19(26)24-20-23-17-10-9-14(13-22)11-18(17)25(20)16-7-4-8-16/h9-11,15-16,19,26-27H,2-8,12H2,1H3,(H,23,24). The van der Waals surface area contributed by atoms with Crippen molar-refractivity contribution < 1.29 is 10.2 Å². The van der Waals surface area contributed by atoms with Crippen LogP contribution < -0.4 is 5.32 Å². The van der Waals surface area contributed by atoms with Crippen molar-refractivity contribution in [2.24, 2.45) is 5.92 Å². The maximum atomic E-state index is 10.8. The number of fused-ring (bicyclic) bond motifs is 1. The van der Waals surface area contributed by atoms with E-state index >= 15 is 0 Å². The molecule has 0 radical (unpaired) electrons. The van der Waals surface area contributed by atoms with Crippen LogP contribution in [0.5, 0.6) is 0 Å². The number of benzene rings is 1. The summed E-state index contributed by atoms with van der Waals surface area (Å²) in [6, 6.07) is 8.03. The molecule has 0 bridgehead atoms. The molecule has 1 aromatic heterocycles. The van der Waals surface area contributed by atoms with E-state index in [0.29, 0.717) is 17.6 Å². The van der Waals surface area contributed by atoms with E-state index in [0.717, 1.165) is 49.6 Å². The molecule has 2 fully saturated rings. The summed E-state index contributed by atoms with van der Waals surface area (Å²) in [6.07, 6.45) is 7.10. The molecule has 0 aliphatic heterocycles. The molecular weight excluding hydrogens is 340 g/mol. The van der Waals surface area contributed by atoms with Gasteiger partial charge in [0.25, 0.3) is 0 Å². The van der Waals surface area contributed by atoms with Crippen LogP contribution in [0.3, 0.4) is 0 Å². The second-order valence-corrected chi connectivity index (χ2v) is 8.41. The van der Waals surface area contributed by atoms with Gasteiger partial charge in [-0.05, 0) is 63.1 Å². The van der Waals surface area contributed by atoms with Crippen molar-refractivity contribution in [2.45, 2.75) is 76.2 Å². The van der Waals surface area contributed by atoms with Crippen LogP contribution in [-0.4, -0.2) is 31.6 Å². The number of hydrogen-bond donors (Lipinski definition) is 3. The molecule has 144 valence electrons. The largest absolute Gasteiger partial charge is 0.390 e. The van der Waals surface area contributed by atoms with Crippen LogP contribution in [0, 0.1) is 17.2 Å². The van der Waals surface area contributed by atoms with E-state index < -0.39 is 11.8 Å². The second kappa shape index (κ2) is 7.14. The quantitative estimate of drug-likeness (QED) is 0.676. The zero-order valence-electron chi connectivity index (χ0n) is 15.9. The molecule has 1 heterocycles. The average Bonchev–Trinajstić information content (AvgIpc) is 3.22. The Bertz CT molecular complexity index is 857. The lowest BCUT2D eigenvalue weighted by Gasteiger charge is -2.33. The molecule has 2 aliphatic carbocycles. The number of anilines is 1. The second-order valence-electron chi connectivity index (χ2n) is 8.41. The summed E-state index contributed by atoms with van der Waals surface area (Å²) in [5, 5.41) is 33.8. The topological polar surface area (TPSA) is 94.1 Å². The van der Waals surface area contributed by atoms with E-state index in [9.17, 15) is 15.5 Å². The van der Waals surface area contributed by atoms with Gasteiger partial charge < -0.3 is 20.1 Å². The summed E-state index contributed by atoms with van der Waals surface area (Å²) >= 11 is 0. The Balaban J connectivity index is 1.58. The highest BCUT2D eigenvalue weighted by molar-refractivity contribution is 5.80. The Hall–Kier alpha value is -2.10. The van der Waals surface area contributed by atoms with Crippen LogP contribution >= 0.6 is 0 Å². The van der Waals surface area contributed by atoms with Gasteiger partial charge in [-0.15, -0.1) is 0 Å². The molecule has 6 heteroatoms. The minimum absolute atomic E-state index is 0.248. The molecule has 0 spiro atoms. The Morgan fingerprint density at radius 1 is 1.30 bits per heavy atom. The molecule has 6 nitrogen and oxygen atoms in total. The molecule has 27 heavy (non-hydrogen) atoms. The number of hydrogen-bond acceptors (Lipinski definition) is 5. The SMILES string of the molecule is CC(O)(CC(O)Nc1nc2ccc(C#N)cc2n1C1CCC1)C1CCCC1. The van der Waals surface area contributed by atoms with Gasteiger partial charge in [0.05, 0.1) is 28.3 Å². The normalized spacial score (nSPS) is 21.6. The van der Waals surface area contributed by atoms with Crippen LogP contribution in [0.25, 0.3) is 11.0 Å². The summed E-state index contributed by atoms with van der Waals surface area (Å²) in [5.74, 6) is 0.872. The van der Waals surface area contributed by atoms with Crippen LogP contribution in [0.2, 0.25) is 0 Å². The van der Waals surface area contributed by atoms with Gasteiger partial charge >= 0.3 is 0 Å². The predicted molar refractivity (Wildman–Crippen MR) is 104 cm³/mol. The zero-order valence-corrected chi connectivity index (χ0v) is 15.9. The molecule has 2 aliphatic rings. The van der Waals surface area contributed by atoms with E-state index in [1.807, 2.05) is 19.1 Å². The van der Waals surface area contributed by atoms with E-state index in [2.05, 4.69) is 20.9 Å². The molecule has 2 aromatic rings. The molecule has 2 saturated carbocycles. The van der Waals surface area contributed by atoms with Crippen molar-refractivity contribution in [3.8, 4) is 6.07 Å². The fourth-order valence-corrected chi connectivity index (χ4v) is 4.58. The van der Waals surface area contributed by atoms with Gasteiger partial charge in [-0.2, -0.15) is 5.26 Å². The van der Waals surface area contributed by atoms with Crippen molar-refractivity contribution in [3.05, 3.63) is 23.8 Å². The van der Waals surface area contributed by atoms with Crippen molar-refractivity contribution in [3.63, 3.8) is 0 Å². The first-order valence-electron chi connectivity index (χ1n) is 10.1. The van der Waals surface area contributed by atoms with Crippen molar-refractivity contribution in [2.75, 3.05) is 5.32 Å². The highest BCUT2D eigenvalue weighted by atomic mass is 16.3. The van der Waals surface area contributed by atoms with Crippen molar-refractivity contribution in [1.29, 1.82) is 5.26 Å². The number of nitrogens with zero attached hydrogens (tertiary/aromatic N) is 3. The highest BCUT2D eigenvalue weighted by Gasteiger charge is 2.36. The predicted octanol–water partition coefficient (Wildman–Crippen LogP) is 3.69. The average molecular weight is 368 g/mol. The minimum atomic E-state index is -0.885. The summed E-state index contributed by atoms with van der Waals surface area (Å²) < 4.78 is 2.12. The third-order valence-electron chi connectivity index (χ3n) is 6.40. The van der Waals surface area contributed by atoms with Gasteiger partial charge in [0, 0.05) is 12.5 Å². The molecule has 3 N–H and O–H groups in total. The summed E-state index contributed by atoms with van der Waals surface area (Å²) in [7, 11) is 0. The zero-order chi connectivity index (χ0) is 19.0. The molecule has 2 atom stereocenters. The molecule has 4 rings (SSSR count). The Morgan fingerprint density at radius 3 is 2.67 bits per heavy atom. The number of nitriles is 1. The lowest BCUT2D eigenvalue weighted by molar-refractivity contribution is -0.0343. The summed E-state index contributed by atoms with van der Waals surface area (Å²) in [6.45, 7) is 1.84. The summed E-state index contributed by atoms with van der Waals surface area (Å²) in [4.78, 5) is 4.66. The number of rotatable bonds is 6. The number of aromatic nitrogens is 2. The van der Waals surface area contributed by atoms with Crippen LogP contribution in [0.4, 0.5) is 5.95 Å². The Labute approximate surface area is 159 Å². The minimum Gasteiger partial charge on any atom is -0.390 e. The van der Waals surface area contributed by atoms with Gasteiger partial charge in [-0.3, -0.25) is 0 Å².